The highest BCUT2D eigenvalue weighted by Crippen LogP contribution is 2.40. The van der Waals surface area contributed by atoms with Crippen LogP contribution < -0.4 is 0 Å². The van der Waals surface area contributed by atoms with Gasteiger partial charge in [-0.2, -0.15) is 0 Å². The summed E-state index contributed by atoms with van der Waals surface area (Å²) in [6, 6.07) is 14.9. The van der Waals surface area contributed by atoms with Crippen LogP contribution in [-0.4, -0.2) is 26.7 Å². The Kier molecular flexibility index (Phi) is 5.07. The second-order valence-electron chi connectivity index (χ2n) is 6.70. The number of hydrogen-bond acceptors (Lipinski definition) is 5. The molecule has 0 spiro atoms. The number of likely N-dealkylation sites (tertiary alicyclic amines) is 1. The molecule has 4 rings (SSSR count). The number of carbonyl (C=O) groups is 2. The van der Waals surface area contributed by atoms with E-state index in [-0.39, 0.29) is 17.9 Å². The fourth-order valence-corrected chi connectivity index (χ4v) is 3.63. The van der Waals surface area contributed by atoms with Gasteiger partial charge in [-0.1, -0.05) is 34.1 Å². The number of aryl methyl sites for hydroxylation is 1. The third-order valence-electron chi connectivity index (χ3n) is 4.75. The quantitative estimate of drug-likeness (QED) is 0.361. The Balaban J connectivity index is 1.84. The number of ketones is 1. The first-order chi connectivity index (χ1) is 14.0. The molecule has 3 heterocycles. The average Bonchev–Trinajstić information content (AvgIpc) is 3.25. The highest BCUT2D eigenvalue weighted by atomic mass is 79.9. The lowest BCUT2D eigenvalue weighted by atomic mass is 9.99. The molecule has 0 radical (unpaired) electrons. The Hall–Kier alpha value is -3.19. The zero-order chi connectivity index (χ0) is 20.5. The molecule has 0 bridgehead atoms. The molecule has 1 atom stereocenters. The van der Waals surface area contributed by atoms with Gasteiger partial charge in [0.25, 0.3) is 11.7 Å². The summed E-state index contributed by atoms with van der Waals surface area (Å²) in [6.45, 7) is 1.90. The summed E-state index contributed by atoms with van der Waals surface area (Å²) in [5, 5.41) is 10.9. The van der Waals surface area contributed by atoms with Crippen LogP contribution in [0, 0.1) is 6.92 Å². The second kappa shape index (κ2) is 7.67. The van der Waals surface area contributed by atoms with Crippen LogP contribution >= 0.6 is 15.9 Å². The van der Waals surface area contributed by atoms with Crippen LogP contribution in [0.5, 0.6) is 0 Å². The number of pyridine rings is 1. The summed E-state index contributed by atoms with van der Waals surface area (Å²) in [5.74, 6) is -0.629. The second-order valence-corrected chi connectivity index (χ2v) is 7.62. The van der Waals surface area contributed by atoms with Crippen molar-refractivity contribution in [1.29, 1.82) is 0 Å². The number of furan rings is 1. The zero-order valence-electron chi connectivity index (χ0n) is 15.5. The van der Waals surface area contributed by atoms with E-state index in [0.717, 1.165) is 4.47 Å². The van der Waals surface area contributed by atoms with Crippen molar-refractivity contribution in [2.45, 2.75) is 19.5 Å². The molecule has 2 aromatic heterocycles. The molecule has 1 amide bonds. The summed E-state index contributed by atoms with van der Waals surface area (Å²) in [6.07, 6.45) is 1.62. The van der Waals surface area contributed by atoms with Crippen molar-refractivity contribution in [1.82, 2.24) is 9.88 Å². The number of aliphatic hydroxyl groups excluding tert-OH is 1. The van der Waals surface area contributed by atoms with E-state index in [0.29, 0.717) is 22.8 Å². The monoisotopic (exact) mass is 452 g/mol. The third-order valence-corrected chi connectivity index (χ3v) is 5.28. The lowest BCUT2D eigenvalue weighted by Crippen LogP contribution is -2.29. The SMILES string of the molecule is Cc1ccc(C2/C(=C(/O)c3ccc(Br)cc3)C(=O)C(=O)N2Cc2ccccn2)o1. The van der Waals surface area contributed by atoms with Gasteiger partial charge in [0.2, 0.25) is 0 Å². The summed E-state index contributed by atoms with van der Waals surface area (Å²) >= 11 is 3.35. The lowest BCUT2D eigenvalue weighted by molar-refractivity contribution is -0.140. The van der Waals surface area contributed by atoms with Gasteiger partial charge < -0.3 is 14.4 Å². The number of aliphatic hydroxyl groups is 1. The van der Waals surface area contributed by atoms with Crippen molar-refractivity contribution >= 4 is 33.4 Å². The van der Waals surface area contributed by atoms with Crippen LogP contribution in [0.15, 0.2) is 75.3 Å². The molecule has 146 valence electrons. The van der Waals surface area contributed by atoms with Gasteiger partial charge in [-0.05, 0) is 43.3 Å². The van der Waals surface area contributed by atoms with E-state index in [9.17, 15) is 14.7 Å². The van der Waals surface area contributed by atoms with E-state index < -0.39 is 17.7 Å². The number of benzene rings is 1. The van der Waals surface area contributed by atoms with Gasteiger partial charge in [0, 0.05) is 16.2 Å². The first kappa shape index (κ1) is 19.1. The summed E-state index contributed by atoms with van der Waals surface area (Å²) in [7, 11) is 0. The topological polar surface area (TPSA) is 83.6 Å². The lowest BCUT2D eigenvalue weighted by Gasteiger charge is -2.23. The highest BCUT2D eigenvalue weighted by molar-refractivity contribution is 9.10. The summed E-state index contributed by atoms with van der Waals surface area (Å²) in [4.78, 5) is 31.4. The van der Waals surface area contributed by atoms with Crippen LogP contribution in [0.25, 0.3) is 5.76 Å². The number of rotatable bonds is 4. The number of amides is 1. The molecule has 6 nitrogen and oxygen atoms in total. The number of hydrogen-bond donors (Lipinski definition) is 1. The predicted octanol–water partition coefficient (Wildman–Crippen LogP) is 4.37. The van der Waals surface area contributed by atoms with Gasteiger partial charge in [0.1, 0.15) is 23.3 Å². The Morgan fingerprint density at radius 2 is 1.90 bits per heavy atom. The number of aromatic nitrogens is 1. The smallest absolute Gasteiger partial charge is 0.296 e. The summed E-state index contributed by atoms with van der Waals surface area (Å²) in [5.41, 5.74) is 1.08. The van der Waals surface area contributed by atoms with Gasteiger partial charge in [-0.3, -0.25) is 14.6 Å². The van der Waals surface area contributed by atoms with E-state index in [2.05, 4.69) is 20.9 Å². The maximum atomic E-state index is 12.9. The molecule has 1 aliphatic heterocycles. The molecule has 1 aromatic carbocycles. The van der Waals surface area contributed by atoms with Crippen molar-refractivity contribution < 1.29 is 19.1 Å². The Labute approximate surface area is 175 Å². The minimum Gasteiger partial charge on any atom is -0.507 e. The van der Waals surface area contributed by atoms with E-state index in [1.54, 1.807) is 61.7 Å². The molecule has 1 unspecified atom stereocenters. The summed E-state index contributed by atoms with van der Waals surface area (Å²) < 4.78 is 6.58. The van der Waals surface area contributed by atoms with Crippen LogP contribution in [0.2, 0.25) is 0 Å². The van der Waals surface area contributed by atoms with Crippen LogP contribution in [-0.2, 0) is 16.1 Å². The minimum absolute atomic E-state index is 0.00241. The number of Topliss-reactive ketones (excluding diaryl/α,β-unsaturated/α-hetero) is 1. The van der Waals surface area contributed by atoms with Crippen molar-refractivity contribution in [2.75, 3.05) is 0 Å². The molecule has 29 heavy (non-hydrogen) atoms. The van der Waals surface area contributed by atoms with Crippen LogP contribution in [0.3, 0.4) is 0 Å². The average molecular weight is 453 g/mol. The van der Waals surface area contributed by atoms with E-state index in [1.807, 2.05) is 6.07 Å². The molecule has 3 aromatic rings. The van der Waals surface area contributed by atoms with Crippen LogP contribution in [0.4, 0.5) is 0 Å². The van der Waals surface area contributed by atoms with Gasteiger partial charge in [0.05, 0.1) is 17.8 Å². The van der Waals surface area contributed by atoms with Crippen molar-refractivity contribution in [3.63, 3.8) is 0 Å². The van der Waals surface area contributed by atoms with E-state index >= 15 is 0 Å². The Morgan fingerprint density at radius 1 is 1.14 bits per heavy atom. The normalized spacial score (nSPS) is 18.4. The first-order valence-corrected chi connectivity index (χ1v) is 9.75. The molecule has 1 aliphatic rings. The van der Waals surface area contributed by atoms with Gasteiger partial charge in [-0.25, -0.2) is 0 Å². The standard InChI is InChI=1S/C22H17BrN2O4/c1-13-5-10-17(29-13)19-18(20(26)14-6-8-15(23)9-7-14)21(27)22(28)25(19)12-16-4-2-3-11-24-16/h2-11,19,26H,12H2,1H3/b20-18-. The van der Waals surface area contributed by atoms with Gasteiger partial charge in [-0.15, -0.1) is 0 Å². The molecular weight excluding hydrogens is 436 g/mol. The van der Waals surface area contributed by atoms with Crippen molar-refractivity contribution in [3.05, 3.63) is 93.6 Å². The van der Waals surface area contributed by atoms with Gasteiger partial charge in [0.15, 0.2) is 0 Å². The van der Waals surface area contributed by atoms with Crippen molar-refractivity contribution in [2.24, 2.45) is 0 Å². The minimum atomic E-state index is -0.839. The highest BCUT2D eigenvalue weighted by Gasteiger charge is 2.47. The molecule has 7 heteroatoms. The molecule has 0 aliphatic carbocycles. The third kappa shape index (κ3) is 3.61. The largest absolute Gasteiger partial charge is 0.507 e. The molecule has 1 N–H and O–H groups in total. The fourth-order valence-electron chi connectivity index (χ4n) is 3.37. The van der Waals surface area contributed by atoms with Crippen LogP contribution in [0.1, 0.15) is 28.8 Å². The Morgan fingerprint density at radius 3 is 2.52 bits per heavy atom. The Bertz CT molecular complexity index is 1100. The first-order valence-electron chi connectivity index (χ1n) is 8.96. The van der Waals surface area contributed by atoms with Crippen molar-refractivity contribution in [3.8, 4) is 0 Å². The zero-order valence-corrected chi connectivity index (χ0v) is 17.1. The molecule has 0 saturated carbocycles. The maximum Gasteiger partial charge on any atom is 0.296 e. The molecular formula is C22H17BrN2O4. The molecule has 1 fully saturated rings. The number of halogens is 1. The number of nitrogens with zero attached hydrogens (tertiary/aromatic N) is 2. The number of carbonyl (C=O) groups excluding carboxylic acids is 2. The van der Waals surface area contributed by atoms with Gasteiger partial charge >= 0.3 is 0 Å². The van der Waals surface area contributed by atoms with E-state index in [4.69, 9.17) is 4.42 Å². The predicted molar refractivity (Wildman–Crippen MR) is 110 cm³/mol. The van der Waals surface area contributed by atoms with E-state index in [1.165, 1.54) is 4.90 Å². The molecule has 1 saturated heterocycles. The fraction of sp³-hybridized carbons (Fsp3) is 0.136. The maximum absolute atomic E-state index is 12.9.